The average molecular weight is 453 g/mol. The van der Waals surface area contributed by atoms with Crippen LogP contribution in [-0.2, 0) is 21.5 Å². The standard InChI is InChI=1S/C28H40N2O3/c1-7-9-17-29-27(32)24(8-2)30(19-22-14-12-13-21(3)18-22)26(31)20-33-25-16-11-10-15-23(25)28(4,5)6/h10-16,18,24H,7-9,17,19-20H2,1-6H3,(H,29,32)/t24-/m0/s1. The summed E-state index contributed by atoms with van der Waals surface area (Å²) in [6.45, 7) is 13.3. The Morgan fingerprint density at radius 2 is 1.79 bits per heavy atom. The van der Waals surface area contributed by atoms with E-state index >= 15 is 0 Å². The Balaban J connectivity index is 2.25. The van der Waals surface area contributed by atoms with Gasteiger partial charge in [0.05, 0.1) is 0 Å². The van der Waals surface area contributed by atoms with Crippen molar-refractivity contribution >= 4 is 11.8 Å². The second-order valence-corrected chi connectivity index (χ2v) is 9.61. The average Bonchev–Trinajstić information content (AvgIpc) is 2.77. The second kappa shape index (κ2) is 12.4. The fraction of sp³-hybridized carbons (Fsp3) is 0.500. The molecule has 2 aromatic carbocycles. The molecule has 0 bridgehead atoms. The number of carbonyl (C=O) groups excluding carboxylic acids is 2. The van der Waals surface area contributed by atoms with Crippen LogP contribution in [0.4, 0.5) is 0 Å². The number of aryl methyl sites for hydroxylation is 1. The van der Waals surface area contributed by atoms with Crippen molar-refractivity contribution < 1.29 is 14.3 Å². The molecule has 2 rings (SSSR count). The van der Waals surface area contributed by atoms with Gasteiger partial charge in [-0.05, 0) is 42.4 Å². The number of ether oxygens (including phenoxy) is 1. The van der Waals surface area contributed by atoms with Gasteiger partial charge in [0.25, 0.3) is 5.91 Å². The Hall–Kier alpha value is -2.82. The zero-order valence-electron chi connectivity index (χ0n) is 21.1. The van der Waals surface area contributed by atoms with Gasteiger partial charge in [0.15, 0.2) is 6.61 Å². The van der Waals surface area contributed by atoms with Gasteiger partial charge in [-0.2, -0.15) is 0 Å². The summed E-state index contributed by atoms with van der Waals surface area (Å²) in [5, 5.41) is 3.00. The van der Waals surface area contributed by atoms with Gasteiger partial charge in [-0.3, -0.25) is 9.59 Å². The topological polar surface area (TPSA) is 58.6 Å². The van der Waals surface area contributed by atoms with Gasteiger partial charge in [-0.15, -0.1) is 0 Å². The first-order valence-corrected chi connectivity index (χ1v) is 12.0. The highest BCUT2D eigenvalue weighted by atomic mass is 16.5. The molecule has 1 N–H and O–H groups in total. The number of nitrogens with one attached hydrogen (secondary N) is 1. The van der Waals surface area contributed by atoms with E-state index in [0.717, 1.165) is 29.5 Å². The van der Waals surface area contributed by atoms with Gasteiger partial charge in [-0.25, -0.2) is 0 Å². The summed E-state index contributed by atoms with van der Waals surface area (Å²) < 4.78 is 6.02. The second-order valence-electron chi connectivity index (χ2n) is 9.61. The molecule has 2 amide bonds. The molecule has 0 aliphatic carbocycles. The number of unbranched alkanes of at least 4 members (excludes halogenated alkanes) is 1. The third-order valence-corrected chi connectivity index (χ3v) is 5.70. The molecule has 0 fully saturated rings. The van der Waals surface area contributed by atoms with Crippen LogP contribution >= 0.6 is 0 Å². The molecule has 0 spiro atoms. The maximum atomic E-state index is 13.4. The number of amides is 2. The molecule has 180 valence electrons. The molecular weight excluding hydrogens is 412 g/mol. The summed E-state index contributed by atoms with van der Waals surface area (Å²) in [6.07, 6.45) is 2.46. The van der Waals surface area contributed by atoms with Crippen molar-refractivity contribution in [3.05, 3.63) is 65.2 Å². The molecule has 1 atom stereocenters. The van der Waals surface area contributed by atoms with E-state index < -0.39 is 6.04 Å². The summed E-state index contributed by atoms with van der Waals surface area (Å²) in [5.41, 5.74) is 3.06. The number of para-hydroxylation sites is 1. The van der Waals surface area contributed by atoms with Crippen molar-refractivity contribution in [1.29, 1.82) is 0 Å². The van der Waals surface area contributed by atoms with Crippen LogP contribution in [0, 0.1) is 6.92 Å². The minimum absolute atomic E-state index is 0.105. The first-order chi connectivity index (χ1) is 15.7. The minimum Gasteiger partial charge on any atom is -0.483 e. The summed E-state index contributed by atoms with van der Waals surface area (Å²) in [5.74, 6) is 0.397. The first kappa shape index (κ1) is 26.4. The van der Waals surface area contributed by atoms with Crippen molar-refractivity contribution in [2.24, 2.45) is 0 Å². The summed E-state index contributed by atoms with van der Waals surface area (Å²) >= 11 is 0. The SMILES string of the molecule is CCCCNC(=O)[C@H](CC)N(Cc1cccc(C)c1)C(=O)COc1ccccc1C(C)(C)C. The van der Waals surface area contributed by atoms with Crippen LogP contribution in [0.15, 0.2) is 48.5 Å². The molecule has 0 aromatic heterocycles. The lowest BCUT2D eigenvalue weighted by Gasteiger charge is -2.31. The maximum absolute atomic E-state index is 13.4. The smallest absolute Gasteiger partial charge is 0.261 e. The maximum Gasteiger partial charge on any atom is 0.261 e. The Labute approximate surface area is 199 Å². The lowest BCUT2D eigenvalue weighted by Crippen LogP contribution is -2.50. The summed E-state index contributed by atoms with van der Waals surface area (Å²) in [6, 6.07) is 15.3. The fourth-order valence-corrected chi connectivity index (χ4v) is 3.87. The highest BCUT2D eigenvalue weighted by Gasteiger charge is 2.29. The number of rotatable bonds is 11. The van der Waals surface area contributed by atoms with Crippen LogP contribution in [0.3, 0.4) is 0 Å². The van der Waals surface area contributed by atoms with E-state index in [4.69, 9.17) is 4.74 Å². The molecular formula is C28H40N2O3. The molecule has 0 saturated heterocycles. The van der Waals surface area contributed by atoms with Crippen molar-refractivity contribution in [2.75, 3.05) is 13.2 Å². The number of carbonyl (C=O) groups is 2. The van der Waals surface area contributed by atoms with Crippen LogP contribution in [0.1, 0.15) is 70.6 Å². The van der Waals surface area contributed by atoms with Crippen molar-refractivity contribution in [3.63, 3.8) is 0 Å². The largest absolute Gasteiger partial charge is 0.483 e. The van der Waals surface area contributed by atoms with Crippen LogP contribution in [0.5, 0.6) is 5.75 Å². The van der Waals surface area contributed by atoms with E-state index in [1.807, 2.05) is 56.3 Å². The summed E-state index contributed by atoms with van der Waals surface area (Å²) in [7, 11) is 0. The van der Waals surface area contributed by atoms with Gasteiger partial charge >= 0.3 is 0 Å². The Bertz CT molecular complexity index is 917. The molecule has 2 aromatic rings. The monoisotopic (exact) mass is 452 g/mol. The molecule has 5 heteroatoms. The van der Waals surface area contributed by atoms with E-state index in [2.05, 4.69) is 39.1 Å². The number of benzene rings is 2. The van der Waals surface area contributed by atoms with Crippen LogP contribution in [0.2, 0.25) is 0 Å². The normalized spacial score (nSPS) is 12.2. The minimum atomic E-state index is -0.545. The van der Waals surface area contributed by atoms with Crippen molar-refractivity contribution in [1.82, 2.24) is 10.2 Å². The quantitative estimate of drug-likeness (QED) is 0.465. The van der Waals surface area contributed by atoms with E-state index in [1.165, 1.54) is 0 Å². The zero-order chi connectivity index (χ0) is 24.4. The van der Waals surface area contributed by atoms with Crippen LogP contribution in [0.25, 0.3) is 0 Å². The first-order valence-electron chi connectivity index (χ1n) is 12.0. The predicted octanol–water partition coefficient (Wildman–Crippen LogP) is 5.40. The Morgan fingerprint density at radius 1 is 1.06 bits per heavy atom. The molecule has 0 saturated carbocycles. The third-order valence-electron chi connectivity index (χ3n) is 5.70. The highest BCUT2D eigenvalue weighted by molar-refractivity contribution is 5.88. The molecule has 0 aliphatic rings. The predicted molar refractivity (Wildman–Crippen MR) is 134 cm³/mol. The third kappa shape index (κ3) is 7.92. The zero-order valence-corrected chi connectivity index (χ0v) is 21.1. The van der Waals surface area contributed by atoms with Gasteiger partial charge in [-0.1, -0.05) is 89.1 Å². The Kier molecular flexibility index (Phi) is 9.95. The molecule has 0 heterocycles. The Morgan fingerprint density at radius 3 is 2.42 bits per heavy atom. The molecule has 0 unspecified atom stereocenters. The van der Waals surface area contributed by atoms with E-state index in [9.17, 15) is 9.59 Å². The molecule has 33 heavy (non-hydrogen) atoms. The number of hydrogen-bond acceptors (Lipinski definition) is 3. The lowest BCUT2D eigenvalue weighted by atomic mass is 9.86. The fourth-order valence-electron chi connectivity index (χ4n) is 3.87. The number of nitrogens with zero attached hydrogens (tertiary/aromatic N) is 1. The molecule has 0 aliphatic heterocycles. The van der Waals surface area contributed by atoms with Gasteiger partial charge in [0.2, 0.25) is 5.91 Å². The van der Waals surface area contributed by atoms with Gasteiger partial charge < -0.3 is 15.0 Å². The van der Waals surface area contributed by atoms with Crippen LogP contribution in [-0.4, -0.2) is 35.9 Å². The number of hydrogen-bond donors (Lipinski definition) is 1. The van der Waals surface area contributed by atoms with E-state index in [0.29, 0.717) is 25.3 Å². The van der Waals surface area contributed by atoms with E-state index in [-0.39, 0.29) is 23.8 Å². The highest BCUT2D eigenvalue weighted by Crippen LogP contribution is 2.31. The van der Waals surface area contributed by atoms with Crippen molar-refractivity contribution in [2.45, 2.75) is 78.8 Å². The molecule has 5 nitrogen and oxygen atoms in total. The van der Waals surface area contributed by atoms with Crippen molar-refractivity contribution in [3.8, 4) is 5.75 Å². The van der Waals surface area contributed by atoms with Gasteiger partial charge in [0.1, 0.15) is 11.8 Å². The van der Waals surface area contributed by atoms with E-state index in [1.54, 1.807) is 4.90 Å². The summed E-state index contributed by atoms with van der Waals surface area (Å²) in [4.78, 5) is 28.1. The van der Waals surface area contributed by atoms with Crippen LogP contribution < -0.4 is 10.1 Å². The van der Waals surface area contributed by atoms with Gasteiger partial charge in [0, 0.05) is 13.1 Å². The lowest BCUT2D eigenvalue weighted by molar-refractivity contribution is -0.143. The molecule has 0 radical (unpaired) electrons.